The zero-order valence-electron chi connectivity index (χ0n) is 10.3. The minimum absolute atomic E-state index is 0.276. The van der Waals surface area contributed by atoms with Gasteiger partial charge in [-0.2, -0.15) is 13.2 Å². The fourth-order valence-electron chi connectivity index (χ4n) is 1.48. The quantitative estimate of drug-likeness (QED) is 0.802. The van der Waals surface area contributed by atoms with Gasteiger partial charge >= 0.3 is 6.18 Å². The van der Waals surface area contributed by atoms with E-state index in [1.807, 2.05) is 6.92 Å². The first-order valence-electron chi connectivity index (χ1n) is 5.88. The van der Waals surface area contributed by atoms with Crippen molar-refractivity contribution in [1.82, 2.24) is 4.98 Å². The molecule has 6 heteroatoms. The van der Waals surface area contributed by atoms with Crippen molar-refractivity contribution in [3.63, 3.8) is 0 Å². The maximum Gasteiger partial charge on any atom is 0.417 e. The van der Waals surface area contributed by atoms with Crippen LogP contribution in [0.15, 0.2) is 12.3 Å². The molecule has 18 heavy (non-hydrogen) atoms. The van der Waals surface area contributed by atoms with E-state index in [9.17, 15) is 13.2 Å². The van der Waals surface area contributed by atoms with Crippen LogP contribution < -0.4 is 10.5 Å². The maximum absolute atomic E-state index is 12.5. The molecule has 2 N–H and O–H groups in total. The van der Waals surface area contributed by atoms with Crippen molar-refractivity contribution in [2.75, 3.05) is 13.2 Å². The Kier molecular flexibility index (Phi) is 5.40. The molecule has 0 atom stereocenters. The lowest BCUT2D eigenvalue weighted by molar-refractivity contribution is -0.137. The van der Waals surface area contributed by atoms with E-state index in [0.717, 1.165) is 18.7 Å². The van der Waals surface area contributed by atoms with Crippen LogP contribution in [0, 0.1) is 0 Å². The van der Waals surface area contributed by atoms with Crippen LogP contribution in [0.1, 0.15) is 30.9 Å². The van der Waals surface area contributed by atoms with Crippen LogP contribution in [0.25, 0.3) is 0 Å². The molecule has 0 aliphatic heterocycles. The summed E-state index contributed by atoms with van der Waals surface area (Å²) >= 11 is 0. The van der Waals surface area contributed by atoms with Gasteiger partial charge in [0.15, 0.2) is 0 Å². The van der Waals surface area contributed by atoms with Crippen LogP contribution in [0.3, 0.4) is 0 Å². The van der Waals surface area contributed by atoms with Gasteiger partial charge in [-0.3, -0.25) is 0 Å². The largest absolute Gasteiger partial charge is 0.477 e. The van der Waals surface area contributed by atoms with Gasteiger partial charge in [-0.15, -0.1) is 0 Å². The molecule has 0 aliphatic rings. The molecule has 0 amide bonds. The summed E-state index contributed by atoms with van der Waals surface area (Å²) in [6.07, 6.45) is -1.68. The third kappa shape index (κ3) is 4.18. The van der Waals surface area contributed by atoms with Crippen molar-refractivity contribution >= 4 is 0 Å². The average Bonchev–Trinajstić information content (AvgIpc) is 2.30. The van der Waals surface area contributed by atoms with Crippen LogP contribution in [0.2, 0.25) is 0 Å². The number of alkyl halides is 3. The molecule has 0 aliphatic carbocycles. The van der Waals surface area contributed by atoms with E-state index in [0.29, 0.717) is 31.6 Å². The van der Waals surface area contributed by atoms with Gasteiger partial charge in [0.25, 0.3) is 0 Å². The summed E-state index contributed by atoms with van der Waals surface area (Å²) < 4.78 is 43.0. The van der Waals surface area contributed by atoms with E-state index in [-0.39, 0.29) is 5.88 Å². The van der Waals surface area contributed by atoms with E-state index >= 15 is 0 Å². The summed E-state index contributed by atoms with van der Waals surface area (Å²) in [5.41, 5.74) is 5.07. The Morgan fingerprint density at radius 3 is 2.67 bits per heavy atom. The highest BCUT2D eigenvalue weighted by atomic mass is 19.4. The number of hydrogen-bond acceptors (Lipinski definition) is 3. The molecule has 1 aromatic heterocycles. The van der Waals surface area contributed by atoms with Crippen molar-refractivity contribution in [3.05, 3.63) is 23.4 Å². The lowest BCUT2D eigenvalue weighted by Gasteiger charge is -2.12. The van der Waals surface area contributed by atoms with Crippen molar-refractivity contribution < 1.29 is 17.9 Å². The normalized spacial score (nSPS) is 11.6. The van der Waals surface area contributed by atoms with Crippen LogP contribution in [-0.4, -0.2) is 18.1 Å². The van der Waals surface area contributed by atoms with Crippen molar-refractivity contribution in [1.29, 1.82) is 0 Å². The molecule has 1 rings (SSSR count). The summed E-state index contributed by atoms with van der Waals surface area (Å²) in [5.74, 6) is 0.276. The Morgan fingerprint density at radius 1 is 1.39 bits per heavy atom. The van der Waals surface area contributed by atoms with Gasteiger partial charge in [0.05, 0.1) is 12.2 Å². The number of aryl methyl sites for hydroxylation is 1. The Bertz CT molecular complexity index is 380. The molecular weight excluding hydrogens is 245 g/mol. The second kappa shape index (κ2) is 6.58. The zero-order chi connectivity index (χ0) is 13.6. The number of halogens is 3. The summed E-state index contributed by atoms with van der Waals surface area (Å²) in [4.78, 5) is 3.75. The van der Waals surface area contributed by atoms with Crippen LogP contribution in [-0.2, 0) is 12.6 Å². The number of nitrogens with two attached hydrogens (primary N) is 1. The maximum atomic E-state index is 12.5. The fourth-order valence-corrected chi connectivity index (χ4v) is 1.48. The average molecular weight is 262 g/mol. The SMILES string of the molecule is CCCc1cc(C(F)(F)F)cnc1OCCCN. The summed E-state index contributed by atoms with van der Waals surface area (Å²) in [6, 6.07) is 1.11. The van der Waals surface area contributed by atoms with Gasteiger partial charge in [-0.05, 0) is 25.5 Å². The second-order valence-corrected chi connectivity index (χ2v) is 3.93. The highest BCUT2D eigenvalue weighted by molar-refractivity contribution is 5.31. The highest BCUT2D eigenvalue weighted by Crippen LogP contribution is 2.31. The molecule has 0 aromatic carbocycles. The Hall–Kier alpha value is -1.30. The van der Waals surface area contributed by atoms with Crippen LogP contribution >= 0.6 is 0 Å². The lowest BCUT2D eigenvalue weighted by atomic mass is 10.1. The molecule has 0 spiro atoms. The topological polar surface area (TPSA) is 48.1 Å². The monoisotopic (exact) mass is 262 g/mol. The van der Waals surface area contributed by atoms with Crippen molar-refractivity contribution in [2.24, 2.45) is 5.73 Å². The molecular formula is C12H17F3N2O. The number of pyridine rings is 1. The molecule has 1 heterocycles. The standard InChI is InChI=1S/C12H17F3N2O/c1-2-4-9-7-10(12(13,14)15)8-17-11(9)18-6-3-5-16/h7-8H,2-6,16H2,1H3. The molecule has 0 bridgehead atoms. The van der Waals surface area contributed by atoms with Crippen LogP contribution in [0.5, 0.6) is 5.88 Å². The molecule has 0 fully saturated rings. The van der Waals surface area contributed by atoms with Gasteiger partial charge in [-0.1, -0.05) is 13.3 Å². The van der Waals surface area contributed by atoms with E-state index < -0.39 is 11.7 Å². The predicted molar refractivity (Wildman–Crippen MR) is 62.4 cm³/mol. The Labute approximate surface area is 104 Å². The molecule has 0 saturated heterocycles. The van der Waals surface area contributed by atoms with Gasteiger partial charge in [0.2, 0.25) is 5.88 Å². The van der Waals surface area contributed by atoms with E-state index in [2.05, 4.69) is 4.98 Å². The van der Waals surface area contributed by atoms with E-state index in [1.165, 1.54) is 0 Å². The van der Waals surface area contributed by atoms with Gasteiger partial charge < -0.3 is 10.5 Å². The smallest absolute Gasteiger partial charge is 0.417 e. The minimum Gasteiger partial charge on any atom is -0.477 e. The Morgan fingerprint density at radius 2 is 2.11 bits per heavy atom. The second-order valence-electron chi connectivity index (χ2n) is 3.93. The van der Waals surface area contributed by atoms with Crippen molar-refractivity contribution in [2.45, 2.75) is 32.4 Å². The van der Waals surface area contributed by atoms with E-state index in [1.54, 1.807) is 0 Å². The summed E-state index contributed by atoms with van der Waals surface area (Å²) in [6.45, 7) is 2.74. The third-order valence-electron chi connectivity index (χ3n) is 2.36. The molecule has 102 valence electrons. The summed E-state index contributed by atoms with van der Waals surface area (Å²) in [5, 5.41) is 0. The molecule has 3 nitrogen and oxygen atoms in total. The van der Waals surface area contributed by atoms with Gasteiger partial charge in [0, 0.05) is 11.8 Å². The number of nitrogens with zero attached hydrogens (tertiary/aromatic N) is 1. The van der Waals surface area contributed by atoms with Gasteiger partial charge in [0.1, 0.15) is 0 Å². The zero-order valence-corrected chi connectivity index (χ0v) is 10.3. The summed E-state index contributed by atoms with van der Waals surface area (Å²) in [7, 11) is 0. The predicted octanol–water partition coefficient (Wildman–Crippen LogP) is 2.78. The first kappa shape index (κ1) is 14.8. The minimum atomic E-state index is -4.37. The molecule has 0 saturated carbocycles. The number of rotatable bonds is 6. The number of aromatic nitrogens is 1. The molecule has 0 radical (unpaired) electrons. The first-order chi connectivity index (χ1) is 8.49. The van der Waals surface area contributed by atoms with E-state index in [4.69, 9.17) is 10.5 Å². The number of ether oxygens (including phenoxy) is 1. The van der Waals surface area contributed by atoms with Crippen molar-refractivity contribution in [3.8, 4) is 5.88 Å². The number of hydrogen-bond donors (Lipinski definition) is 1. The van der Waals surface area contributed by atoms with Gasteiger partial charge in [-0.25, -0.2) is 4.98 Å². The Balaban J connectivity index is 2.90. The highest BCUT2D eigenvalue weighted by Gasteiger charge is 2.31. The molecule has 1 aromatic rings. The first-order valence-corrected chi connectivity index (χ1v) is 5.88. The lowest BCUT2D eigenvalue weighted by Crippen LogP contribution is -2.11. The third-order valence-corrected chi connectivity index (χ3v) is 2.36. The molecule has 0 unspecified atom stereocenters. The van der Waals surface area contributed by atoms with Crippen LogP contribution in [0.4, 0.5) is 13.2 Å². The fraction of sp³-hybridized carbons (Fsp3) is 0.583.